The highest BCUT2D eigenvalue weighted by Crippen LogP contribution is 2.24. The third kappa shape index (κ3) is 4.41. The molecule has 0 aliphatic rings. The number of nitrogens with zero attached hydrogens (tertiary/aromatic N) is 1. The van der Waals surface area contributed by atoms with Gasteiger partial charge in [0.1, 0.15) is 0 Å². The van der Waals surface area contributed by atoms with Gasteiger partial charge >= 0.3 is 5.97 Å². The number of carboxylic acid groups (broad SMARTS) is 1. The van der Waals surface area contributed by atoms with E-state index in [2.05, 4.69) is 4.72 Å². The molecule has 6 nitrogen and oxygen atoms in total. The summed E-state index contributed by atoms with van der Waals surface area (Å²) >= 11 is 5.82. The van der Waals surface area contributed by atoms with Crippen LogP contribution in [0.1, 0.15) is 22.8 Å². The summed E-state index contributed by atoms with van der Waals surface area (Å²) in [5, 5.41) is 9.16. The van der Waals surface area contributed by atoms with Gasteiger partial charge in [-0.1, -0.05) is 11.6 Å². The summed E-state index contributed by atoms with van der Waals surface area (Å²) < 4.78 is 27.1. The van der Waals surface area contributed by atoms with Crippen LogP contribution in [-0.2, 0) is 10.0 Å². The Kier molecular flexibility index (Phi) is 5.75. The molecule has 0 heterocycles. The van der Waals surface area contributed by atoms with Crippen molar-refractivity contribution in [2.75, 3.05) is 20.6 Å². The quantitative estimate of drug-likeness (QED) is 0.824. The molecule has 2 N–H and O–H groups in total. The zero-order chi connectivity index (χ0) is 16.4. The number of nitrogens with one attached hydrogen (secondary N) is 1. The maximum Gasteiger partial charge on any atom is 0.336 e. The first-order chi connectivity index (χ1) is 9.56. The first-order valence-corrected chi connectivity index (χ1v) is 8.12. The SMILES string of the molecule is Cc1c(C(=O)O)cc(Cl)cc1S(=O)(=O)NCC(C)N(C)C. The minimum absolute atomic E-state index is 0.00166. The molecule has 1 rings (SSSR count). The van der Waals surface area contributed by atoms with Crippen molar-refractivity contribution in [2.45, 2.75) is 24.8 Å². The van der Waals surface area contributed by atoms with Crippen molar-refractivity contribution in [3.05, 3.63) is 28.3 Å². The normalized spacial score (nSPS) is 13.4. The smallest absolute Gasteiger partial charge is 0.336 e. The molecule has 118 valence electrons. The molecule has 0 bridgehead atoms. The molecule has 0 fully saturated rings. The van der Waals surface area contributed by atoms with E-state index in [-0.39, 0.29) is 33.6 Å². The van der Waals surface area contributed by atoms with Gasteiger partial charge in [-0.15, -0.1) is 0 Å². The van der Waals surface area contributed by atoms with Gasteiger partial charge in [-0.3, -0.25) is 0 Å². The Morgan fingerprint density at radius 2 is 2.00 bits per heavy atom. The van der Waals surface area contributed by atoms with E-state index in [1.54, 1.807) is 0 Å². The molecule has 0 aliphatic carbocycles. The Labute approximate surface area is 129 Å². The number of hydrogen-bond acceptors (Lipinski definition) is 4. The third-order valence-electron chi connectivity index (χ3n) is 3.30. The van der Waals surface area contributed by atoms with Crippen LogP contribution in [0.25, 0.3) is 0 Å². The van der Waals surface area contributed by atoms with Crippen molar-refractivity contribution in [1.29, 1.82) is 0 Å². The predicted octanol–water partition coefficient (Wildman–Crippen LogP) is 1.58. The molecule has 0 aliphatic heterocycles. The summed E-state index contributed by atoms with van der Waals surface area (Å²) in [6.45, 7) is 3.53. The lowest BCUT2D eigenvalue weighted by Crippen LogP contribution is -2.38. The number of sulfonamides is 1. The standard InChI is InChI=1S/C13H19ClN2O4S/c1-8(16(3)4)7-15-21(19,20)12-6-10(14)5-11(9(12)2)13(17)18/h5-6,8,15H,7H2,1-4H3,(H,17,18). The number of rotatable bonds is 6. The monoisotopic (exact) mass is 334 g/mol. The van der Waals surface area contributed by atoms with Gasteiger partial charge in [-0.05, 0) is 45.6 Å². The molecular formula is C13H19ClN2O4S. The fourth-order valence-electron chi connectivity index (χ4n) is 1.65. The molecule has 8 heteroatoms. The lowest BCUT2D eigenvalue weighted by molar-refractivity contribution is 0.0696. The number of halogens is 1. The van der Waals surface area contributed by atoms with Gasteiger partial charge in [0.2, 0.25) is 10.0 Å². The van der Waals surface area contributed by atoms with Crippen LogP contribution in [0, 0.1) is 6.92 Å². The molecule has 0 aromatic heterocycles. The van der Waals surface area contributed by atoms with E-state index in [4.69, 9.17) is 16.7 Å². The first-order valence-electron chi connectivity index (χ1n) is 6.25. The van der Waals surface area contributed by atoms with Gasteiger partial charge in [0.05, 0.1) is 10.5 Å². The van der Waals surface area contributed by atoms with Gasteiger partial charge < -0.3 is 10.0 Å². The van der Waals surface area contributed by atoms with Crippen LogP contribution in [0.3, 0.4) is 0 Å². The van der Waals surface area contributed by atoms with Crippen molar-refractivity contribution in [2.24, 2.45) is 0 Å². The van der Waals surface area contributed by atoms with E-state index in [0.717, 1.165) is 0 Å². The highest BCUT2D eigenvalue weighted by Gasteiger charge is 2.22. The topological polar surface area (TPSA) is 86.7 Å². The maximum absolute atomic E-state index is 12.3. The van der Waals surface area contributed by atoms with Gasteiger partial charge in [0.15, 0.2) is 0 Å². The Morgan fingerprint density at radius 1 is 1.43 bits per heavy atom. The fraction of sp³-hybridized carbons (Fsp3) is 0.462. The zero-order valence-corrected chi connectivity index (χ0v) is 13.9. The van der Waals surface area contributed by atoms with Crippen LogP contribution in [0.2, 0.25) is 5.02 Å². The van der Waals surface area contributed by atoms with E-state index < -0.39 is 16.0 Å². The molecule has 1 atom stereocenters. The van der Waals surface area contributed by atoms with E-state index >= 15 is 0 Å². The molecule has 0 amide bonds. The zero-order valence-electron chi connectivity index (χ0n) is 12.3. The Morgan fingerprint density at radius 3 is 2.48 bits per heavy atom. The maximum atomic E-state index is 12.3. The van der Waals surface area contributed by atoms with E-state index in [1.165, 1.54) is 19.1 Å². The number of carboxylic acids is 1. The van der Waals surface area contributed by atoms with Gasteiger partial charge in [-0.2, -0.15) is 0 Å². The van der Waals surface area contributed by atoms with Crippen LogP contribution in [0.5, 0.6) is 0 Å². The van der Waals surface area contributed by atoms with Crippen LogP contribution in [0.4, 0.5) is 0 Å². The average molecular weight is 335 g/mol. The summed E-state index contributed by atoms with van der Waals surface area (Å²) in [4.78, 5) is 12.9. The van der Waals surface area contributed by atoms with Gasteiger partial charge in [-0.25, -0.2) is 17.9 Å². The number of carbonyl (C=O) groups is 1. The van der Waals surface area contributed by atoms with Crippen LogP contribution < -0.4 is 4.72 Å². The Balaban J connectivity index is 3.17. The molecular weight excluding hydrogens is 316 g/mol. The molecule has 0 spiro atoms. The molecule has 1 unspecified atom stereocenters. The second-order valence-electron chi connectivity index (χ2n) is 5.05. The fourth-order valence-corrected chi connectivity index (χ4v) is 3.34. The second-order valence-corrected chi connectivity index (χ2v) is 7.22. The van der Waals surface area contributed by atoms with Crippen molar-refractivity contribution in [1.82, 2.24) is 9.62 Å². The van der Waals surface area contributed by atoms with E-state index in [0.29, 0.717) is 0 Å². The van der Waals surface area contributed by atoms with Crippen LogP contribution in [0.15, 0.2) is 17.0 Å². The van der Waals surface area contributed by atoms with E-state index in [1.807, 2.05) is 25.9 Å². The van der Waals surface area contributed by atoms with E-state index in [9.17, 15) is 13.2 Å². The molecule has 21 heavy (non-hydrogen) atoms. The Hall–Kier alpha value is -1.15. The van der Waals surface area contributed by atoms with Gasteiger partial charge in [0.25, 0.3) is 0 Å². The summed E-state index contributed by atoms with van der Waals surface area (Å²) in [5.41, 5.74) is 0.0421. The van der Waals surface area contributed by atoms with Crippen LogP contribution in [-0.4, -0.2) is 51.1 Å². The summed E-state index contributed by atoms with van der Waals surface area (Å²) in [6, 6.07) is 2.49. The number of likely N-dealkylation sites (N-methyl/N-ethyl adjacent to an activating group) is 1. The lowest BCUT2D eigenvalue weighted by Gasteiger charge is -2.20. The Bertz CT molecular complexity index is 644. The van der Waals surface area contributed by atoms with Crippen LogP contribution >= 0.6 is 11.6 Å². The molecule has 1 aromatic rings. The predicted molar refractivity (Wildman–Crippen MR) is 81.5 cm³/mol. The number of benzene rings is 1. The lowest BCUT2D eigenvalue weighted by atomic mass is 10.1. The summed E-state index contributed by atoms with van der Waals surface area (Å²) in [6.07, 6.45) is 0. The van der Waals surface area contributed by atoms with Gasteiger partial charge in [0, 0.05) is 17.6 Å². The third-order valence-corrected chi connectivity index (χ3v) is 5.06. The molecule has 0 saturated carbocycles. The highest BCUT2D eigenvalue weighted by molar-refractivity contribution is 7.89. The number of hydrogen-bond donors (Lipinski definition) is 2. The summed E-state index contributed by atoms with van der Waals surface area (Å²) in [7, 11) is -0.144. The minimum atomic E-state index is -3.82. The van der Waals surface area contributed by atoms with Crippen molar-refractivity contribution in [3.8, 4) is 0 Å². The molecule has 0 saturated heterocycles. The van der Waals surface area contributed by atoms with Crippen molar-refractivity contribution < 1.29 is 18.3 Å². The average Bonchev–Trinajstić information content (AvgIpc) is 2.37. The van der Waals surface area contributed by atoms with Crippen molar-refractivity contribution in [3.63, 3.8) is 0 Å². The highest BCUT2D eigenvalue weighted by atomic mass is 35.5. The van der Waals surface area contributed by atoms with Crippen molar-refractivity contribution >= 4 is 27.6 Å². The largest absolute Gasteiger partial charge is 0.478 e. The first kappa shape index (κ1) is 17.9. The molecule has 0 radical (unpaired) electrons. The summed E-state index contributed by atoms with van der Waals surface area (Å²) in [5.74, 6) is -1.21. The molecule has 1 aromatic carbocycles. The minimum Gasteiger partial charge on any atom is -0.478 e. The second kappa shape index (κ2) is 6.74. The number of aromatic carboxylic acids is 1.